The standard InChI is InChI=1S/C14H20F3NO/c1-13(2,19-3)8-9-18-10-11-4-6-12(7-5-11)14(15,16)17/h4-7,18H,8-10H2,1-3H3. The van der Waals surface area contributed by atoms with Gasteiger partial charge in [-0.2, -0.15) is 13.2 Å². The zero-order chi connectivity index (χ0) is 14.5. The molecule has 0 aromatic heterocycles. The average molecular weight is 275 g/mol. The van der Waals surface area contributed by atoms with Gasteiger partial charge in [-0.3, -0.25) is 0 Å². The summed E-state index contributed by atoms with van der Waals surface area (Å²) in [5, 5.41) is 3.19. The van der Waals surface area contributed by atoms with Crippen molar-refractivity contribution in [3.8, 4) is 0 Å². The molecule has 1 rings (SSSR count). The van der Waals surface area contributed by atoms with Crippen molar-refractivity contribution in [3.63, 3.8) is 0 Å². The summed E-state index contributed by atoms with van der Waals surface area (Å²) in [5.74, 6) is 0. The normalized spacial score (nSPS) is 12.7. The fraction of sp³-hybridized carbons (Fsp3) is 0.571. The van der Waals surface area contributed by atoms with Crippen molar-refractivity contribution >= 4 is 0 Å². The van der Waals surface area contributed by atoms with Crippen molar-refractivity contribution in [1.29, 1.82) is 0 Å². The number of nitrogens with one attached hydrogen (secondary N) is 1. The minimum Gasteiger partial charge on any atom is -0.379 e. The van der Waals surface area contributed by atoms with Crippen LogP contribution in [0.3, 0.4) is 0 Å². The summed E-state index contributed by atoms with van der Waals surface area (Å²) in [5.41, 5.74) is 0.0349. The van der Waals surface area contributed by atoms with Crippen LogP contribution < -0.4 is 5.32 Å². The van der Waals surface area contributed by atoms with Gasteiger partial charge in [-0.25, -0.2) is 0 Å². The summed E-state index contributed by atoms with van der Waals surface area (Å²) < 4.78 is 42.4. The smallest absolute Gasteiger partial charge is 0.379 e. The van der Waals surface area contributed by atoms with Gasteiger partial charge in [0.15, 0.2) is 0 Å². The van der Waals surface area contributed by atoms with Crippen LogP contribution >= 0.6 is 0 Å². The Kier molecular flexibility index (Phi) is 5.38. The largest absolute Gasteiger partial charge is 0.416 e. The summed E-state index contributed by atoms with van der Waals surface area (Å²) >= 11 is 0. The highest BCUT2D eigenvalue weighted by atomic mass is 19.4. The summed E-state index contributed by atoms with van der Waals surface area (Å²) in [6, 6.07) is 5.21. The first-order chi connectivity index (χ1) is 8.74. The zero-order valence-corrected chi connectivity index (χ0v) is 11.5. The molecule has 0 heterocycles. The van der Waals surface area contributed by atoms with Crippen LogP contribution in [0.2, 0.25) is 0 Å². The maximum atomic E-state index is 12.4. The van der Waals surface area contributed by atoms with Gasteiger partial charge in [0.05, 0.1) is 11.2 Å². The van der Waals surface area contributed by atoms with Gasteiger partial charge in [-0.15, -0.1) is 0 Å². The van der Waals surface area contributed by atoms with Crippen LogP contribution in [0.15, 0.2) is 24.3 Å². The van der Waals surface area contributed by atoms with E-state index in [0.717, 1.165) is 30.7 Å². The van der Waals surface area contributed by atoms with E-state index in [4.69, 9.17) is 4.74 Å². The summed E-state index contributed by atoms with van der Waals surface area (Å²) in [6.45, 7) is 5.29. The first-order valence-corrected chi connectivity index (χ1v) is 6.16. The third-order valence-corrected chi connectivity index (χ3v) is 3.07. The molecule has 108 valence electrons. The van der Waals surface area contributed by atoms with Crippen molar-refractivity contribution in [2.75, 3.05) is 13.7 Å². The van der Waals surface area contributed by atoms with E-state index in [1.807, 2.05) is 13.8 Å². The third-order valence-electron chi connectivity index (χ3n) is 3.07. The van der Waals surface area contributed by atoms with Crippen LogP contribution in [0, 0.1) is 0 Å². The zero-order valence-electron chi connectivity index (χ0n) is 11.5. The van der Waals surface area contributed by atoms with Crippen LogP contribution in [0.1, 0.15) is 31.4 Å². The molecular formula is C14H20F3NO. The second-order valence-corrected chi connectivity index (χ2v) is 5.09. The van der Waals surface area contributed by atoms with Crippen LogP contribution in [0.25, 0.3) is 0 Å². The Balaban J connectivity index is 2.39. The maximum Gasteiger partial charge on any atom is 0.416 e. The third kappa shape index (κ3) is 5.61. The van der Waals surface area contributed by atoms with Gasteiger partial charge >= 0.3 is 6.18 Å². The number of rotatable bonds is 6. The number of ether oxygens (including phenoxy) is 1. The first-order valence-electron chi connectivity index (χ1n) is 6.16. The van der Waals surface area contributed by atoms with Crippen molar-refractivity contribution in [1.82, 2.24) is 5.32 Å². The predicted octanol–water partition coefficient (Wildman–Crippen LogP) is 3.61. The lowest BCUT2D eigenvalue weighted by Gasteiger charge is -2.22. The van der Waals surface area contributed by atoms with E-state index in [-0.39, 0.29) is 5.60 Å². The number of hydrogen-bond donors (Lipinski definition) is 1. The highest BCUT2D eigenvalue weighted by Crippen LogP contribution is 2.29. The van der Waals surface area contributed by atoms with Gasteiger partial charge in [-0.1, -0.05) is 12.1 Å². The molecule has 0 unspecified atom stereocenters. The Hall–Kier alpha value is -1.07. The molecule has 0 amide bonds. The van der Waals surface area contributed by atoms with Crippen molar-refractivity contribution in [2.24, 2.45) is 0 Å². The lowest BCUT2D eigenvalue weighted by atomic mass is 10.1. The lowest BCUT2D eigenvalue weighted by molar-refractivity contribution is -0.137. The molecule has 0 bridgehead atoms. The Morgan fingerprint density at radius 3 is 2.16 bits per heavy atom. The molecular weight excluding hydrogens is 255 g/mol. The molecule has 19 heavy (non-hydrogen) atoms. The molecule has 0 saturated heterocycles. The molecule has 0 aliphatic heterocycles. The van der Waals surface area contributed by atoms with Crippen LogP contribution in [0.4, 0.5) is 13.2 Å². The first kappa shape index (κ1) is 16.0. The summed E-state index contributed by atoms with van der Waals surface area (Å²) in [7, 11) is 1.66. The van der Waals surface area contributed by atoms with Gasteiger partial charge < -0.3 is 10.1 Å². The van der Waals surface area contributed by atoms with Gasteiger partial charge in [-0.05, 0) is 44.5 Å². The fourth-order valence-corrected chi connectivity index (χ4v) is 1.54. The quantitative estimate of drug-likeness (QED) is 0.801. The molecule has 0 aliphatic rings. The van der Waals surface area contributed by atoms with E-state index in [9.17, 15) is 13.2 Å². The molecule has 0 fully saturated rings. The Morgan fingerprint density at radius 2 is 1.68 bits per heavy atom. The van der Waals surface area contributed by atoms with E-state index in [1.54, 1.807) is 7.11 Å². The van der Waals surface area contributed by atoms with E-state index in [2.05, 4.69) is 5.32 Å². The monoisotopic (exact) mass is 275 g/mol. The molecule has 0 atom stereocenters. The van der Waals surface area contributed by atoms with Gasteiger partial charge in [0.25, 0.3) is 0 Å². The Labute approximate surface area is 112 Å². The SMILES string of the molecule is COC(C)(C)CCNCc1ccc(C(F)(F)F)cc1. The minimum absolute atomic E-state index is 0.187. The Morgan fingerprint density at radius 1 is 1.11 bits per heavy atom. The van der Waals surface area contributed by atoms with Gasteiger partial charge in [0, 0.05) is 13.7 Å². The predicted molar refractivity (Wildman–Crippen MR) is 68.9 cm³/mol. The van der Waals surface area contributed by atoms with Crippen molar-refractivity contribution in [3.05, 3.63) is 35.4 Å². The molecule has 1 aromatic carbocycles. The van der Waals surface area contributed by atoms with Crippen LogP contribution in [-0.2, 0) is 17.5 Å². The molecule has 1 aromatic rings. The van der Waals surface area contributed by atoms with Gasteiger partial charge in [0.2, 0.25) is 0 Å². The highest BCUT2D eigenvalue weighted by molar-refractivity contribution is 5.24. The maximum absolute atomic E-state index is 12.4. The Bertz CT molecular complexity index is 385. The summed E-state index contributed by atoms with van der Waals surface area (Å²) in [4.78, 5) is 0. The second-order valence-electron chi connectivity index (χ2n) is 5.09. The van der Waals surface area contributed by atoms with Crippen molar-refractivity contribution < 1.29 is 17.9 Å². The number of methoxy groups -OCH3 is 1. The van der Waals surface area contributed by atoms with Crippen molar-refractivity contribution in [2.45, 2.75) is 38.6 Å². The highest BCUT2D eigenvalue weighted by Gasteiger charge is 2.29. The average Bonchev–Trinajstić information content (AvgIpc) is 2.34. The lowest BCUT2D eigenvalue weighted by Crippen LogP contribution is -2.28. The topological polar surface area (TPSA) is 21.3 Å². The number of alkyl halides is 3. The fourth-order valence-electron chi connectivity index (χ4n) is 1.54. The van der Waals surface area contributed by atoms with E-state index < -0.39 is 11.7 Å². The van der Waals surface area contributed by atoms with E-state index in [0.29, 0.717) is 6.54 Å². The molecule has 0 aliphatic carbocycles. The molecule has 0 radical (unpaired) electrons. The number of halogens is 3. The molecule has 2 nitrogen and oxygen atoms in total. The molecule has 5 heteroatoms. The molecule has 0 saturated carbocycles. The van der Waals surface area contributed by atoms with E-state index >= 15 is 0 Å². The summed E-state index contributed by atoms with van der Waals surface area (Å²) in [6.07, 6.45) is -3.43. The van der Waals surface area contributed by atoms with Gasteiger partial charge in [0.1, 0.15) is 0 Å². The van der Waals surface area contributed by atoms with E-state index in [1.165, 1.54) is 12.1 Å². The second kappa shape index (κ2) is 6.39. The molecule has 0 spiro atoms. The molecule has 1 N–H and O–H groups in total. The van der Waals surface area contributed by atoms with Crippen LogP contribution in [-0.4, -0.2) is 19.3 Å². The number of benzene rings is 1. The minimum atomic E-state index is -4.27. The number of hydrogen-bond acceptors (Lipinski definition) is 2. The van der Waals surface area contributed by atoms with Crippen LogP contribution in [0.5, 0.6) is 0 Å².